The van der Waals surface area contributed by atoms with Crippen molar-refractivity contribution in [3.05, 3.63) is 46.3 Å². The fraction of sp³-hybridized carbons (Fsp3) is 0.308. The monoisotopic (exact) mass is 357 g/mol. The number of aromatic nitrogens is 2. The van der Waals surface area contributed by atoms with E-state index in [0.717, 1.165) is 10.0 Å². The van der Waals surface area contributed by atoms with Gasteiger partial charge >= 0.3 is 0 Å². The van der Waals surface area contributed by atoms with Crippen LogP contribution in [-0.4, -0.2) is 18.0 Å². The summed E-state index contributed by atoms with van der Waals surface area (Å²) < 4.78 is 25.7. The van der Waals surface area contributed by atoms with Gasteiger partial charge in [-0.1, -0.05) is 41.9 Å². The minimum atomic E-state index is -3.78. The summed E-state index contributed by atoms with van der Waals surface area (Å²) in [6.07, 6.45) is 1.49. The van der Waals surface area contributed by atoms with E-state index in [-0.39, 0.29) is 10.9 Å². The van der Waals surface area contributed by atoms with Crippen molar-refractivity contribution in [3.63, 3.8) is 0 Å². The molecule has 0 saturated heterocycles. The molecule has 0 amide bonds. The van der Waals surface area contributed by atoms with Crippen LogP contribution < -0.4 is 5.14 Å². The van der Waals surface area contributed by atoms with Crippen molar-refractivity contribution in [2.45, 2.75) is 31.3 Å². The molecule has 0 saturated carbocycles. The average Bonchev–Trinajstić information content (AvgIpc) is 2.76. The van der Waals surface area contributed by atoms with Crippen LogP contribution in [0.15, 0.2) is 40.0 Å². The van der Waals surface area contributed by atoms with Gasteiger partial charge in [-0.2, -0.15) is 0 Å². The summed E-state index contributed by atoms with van der Waals surface area (Å²) in [5.74, 6) is 0.817. The van der Waals surface area contributed by atoms with Crippen molar-refractivity contribution in [2.75, 3.05) is 0 Å². The van der Waals surface area contributed by atoms with E-state index in [1.807, 2.05) is 42.7 Å². The van der Waals surface area contributed by atoms with E-state index in [9.17, 15) is 8.42 Å². The Balaban J connectivity index is 2.40. The summed E-state index contributed by atoms with van der Waals surface area (Å²) >= 11 is 3.38. The molecule has 0 aliphatic rings. The zero-order chi connectivity index (χ0) is 14.9. The minimum absolute atomic E-state index is 0.0849. The standard InChI is InChI=1S/C13H16BrN3O2S/c1-9(2)13-16-12(20(15,18)19)8-17(13)7-10-3-5-11(14)6-4-10/h3-6,8-9H,7H2,1-2H3,(H2,15,18,19). The molecule has 0 spiro atoms. The number of nitrogens with zero attached hydrogens (tertiary/aromatic N) is 2. The number of hydrogen-bond acceptors (Lipinski definition) is 3. The van der Waals surface area contributed by atoms with Crippen molar-refractivity contribution >= 4 is 26.0 Å². The van der Waals surface area contributed by atoms with E-state index >= 15 is 0 Å². The molecule has 5 nitrogen and oxygen atoms in total. The molecule has 2 N–H and O–H groups in total. The first-order chi connectivity index (χ1) is 9.27. The quantitative estimate of drug-likeness (QED) is 0.912. The van der Waals surface area contributed by atoms with E-state index in [1.165, 1.54) is 6.20 Å². The second kappa shape index (κ2) is 5.67. The highest BCUT2D eigenvalue weighted by molar-refractivity contribution is 9.10. The lowest BCUT2D eigenvalue weighted by Crippen LogP contribution is -2.12. The van der Waals surface area contributed by atoms with Gasteiger partial charge in [0.2, 0.25) is 0 Å². The SMILES string of the molecule is CC(C)c1nc(S(N)(=O)=O)cn1Cc1ccc(Br)cc1. The number of primary sulfonamides is 1. The summed E-state index contributed by atoms with van der Waals surface area (Å²) in [6, 6.07) is 7.85. The molecule has 0 bridgehead atoms. The van der Waals surface area contributed by atoms with Gasteiger partial charge in [0.1, 0.15) is 5.82 Å². The van der Waals surface area contributed by atoms with E-state index in [0.29, 0.717) is 12.4 Å². The van der Waals surface area contributed by atoms with Gasteiger partial charge in [-0.25, -0.2) is 18.5 Å². The average molecular weight is 358 g/mol. The van der Waals surface area contributed by atoms with Gasteiger partial charge in [0.05, 0.1) is 0 Å². The van der Waals surface area contributed by atoms with Crippen LogP contribution in [0.4, 0.5) is 0 Å². The van der Waals surface area contributed by atoms with E-state index in [1.54, 1.807) is 0 Å². The van der Waals surface area contributed by atoms with Crippen LogP contribution >= 0.6 is 15.9 Å². The number of sulfonamides is 1. The van der Waals surface area contributed by atoms with Crippen LogP contribution in [0.25, 0.3) is 0 Å². The van der Waals surface area contributed by atoms with Crippen molar-refractivity contribution < 1.29 is 8.42 Å². The predicted molar refractivity (Wildman–Crippen MR) is 80.9 cm³/mol. The maximum Gasteiger partial charge on any atom is 0.257 e. The molecule has 0 aliphatic heterocycles. The number of rotatable bonds is 4. The second-order valence-corrected chi connectivity index (χ2v) is 7.32. The largest absolute Gasteiger partial charge is 0.329 e. The lowest BCUT2D eigenvalue weighted by Gasteiger charge is -2.10. The number of benzene rings is 1. The van der Waals surface area contributed by atoms with Gasteiger partial charge in [-0.05, 0) is 17.7 Å². The van der Waals surface area contributed by atoms with E-state index in [4.69, 9.17) is 5.14 Å². The molecule has 0 aliphatic carbocycles. The first-order valence-electron chi connectivity index (χ1n) is 6.11. The molecule has 108 valence electrons. The molecule has 20 heavy (non-hydrogen) atoms. The van der Waals surface area contributed by atoms with Gasteiger partial charge in [0.15, 0.2) is 5.03 Å². The highest BCUT2D eigenvalue weighted by atomic mass is 79.9. The zero-order valence-electron chi connectivity index (χ0n) is 11.2. The highest BCUT2D eigenvalue weighted by Crippen LogP contribution is 2.19. The minimum Gasteiger partial charge on any atom is -0.329 e. The fourth-order valence-electron chi connectivity index (χ4n) is 1.92. The molecule has 2 aromatic rings. The second-order valence-electron chi connectivity index (χ2n) is 4.89. The van der Waals surface area contributed by atoms with Crippen molar-refractivity contribution in [1.82, 2.24) is 9.55 Å². The predicted octanol–water partition coefficient (Wildman–Crippen LogP) is 2.46. The molecule has 7 heteroatoms. The molecule has 2 rings (SSSR count). The number of nitrogens with two attached hydrogens (primary N) is 1. The zero-order valence-corrected chi connectivity index (χ0v) is 13.6. The third-order valence-corrected chi connectivity index (χ3v) is 4.17. The molecule has 0 unspecified atom stereocenters. The summed E-state index contributed by atoms with van der Waals surface area (Å²) in [7, 11) is -3.78. The topological polar surface area (TPSA) is 78.0 Å². The summed E-state index contributed by atoms with van der Waals surface area (Å²) in [5, 5.41) is 5.06. The molecular weight excluding hydrogens is 342 g/mol. The van der Waals surface area contributed by atoms with Crippen molar-refractivity contribution in [1.29, 1.82) is 0 Å². The summed E-state index contributed by atoms with van der Waals surface area (Å²) in [4.78, 5) is 4.14. The third kappa shape index (κ3) is 3.47. The molecule has 1 heterocycles. The summed E-state index contributed by atoms with van der Waals surface area (Å²) in [6.45, 7) is 4.49. The Labute approximate surface area is 127 Å². The van der Waals surface area contributed by atoms with Crippen molar-refractivity contribution in [3.8, 4) is 0 Å². The maximum atomic E-state index is 11.4. The van der Waals surface area contributed by atoms with Gasteiger partial charge in [-0.15, -0.1) is 0 Å². The maximum absolute atomic E-state index is 11.4. The highest BCUT2D eigenvalue weighted by Gasteiger charge is 2.18. The number of hydrogen-bond donors (Lipinski definition) is 1. The Bertz CT molecular complexity index is 706. The van der Waals surface area contributed by atoms with Gasteiger partial charge in [0.25, 0.3) is 10.0 Å². The van der Waals surface area contributed by atoms with Crippen LogP contribution in [0.2, 0.25) is 0 Å². The Morgan fingerprint density at radius 2 is 1.90 bits per heavy atom. The Kier molecular flexibility index (Phi) is 4.31. The Hall–Kier alpha value is -1.18. The Morgan fingerprint density at radius 3 is 2.40 bits per heavy atom. The van der Waals surface area contributed by atoms with Gasteiger partial charge in [-0.3, -0.25) is 0 Å². The first-order valence-corrected chi connectivity index (χ1v) is 8.45. The summed E-state index contributed by atoms with van der Waals surface area (Å²) in [5.41, 5.74) is 1.06. The molecule has 0 fully saturated rings. The van der Waals surface area contributed by atoms with Crippen LogP contribution in [0.1, 0.15) is 31.2 Å². The molecule has 1 aromatic carbocycles. The number of imidazole rings is 1. The first kappa shape index (κ1) is 15.2. The van der Waals surface area contributed by atoms with Crippen LogP contribution in [0.5, 0.6) is 0 Å². The van der Waals surface area contributed by atoms with Crippen LogP contribution in [0.3, 0.4) is 0 Å². The van der Waals surface area contributed by atoms with E-state index in [2.05, 4.69) is 20.9 Å². The molecule has 1 aromatic heterocycles. The molecular formula is C13H16BrN3O2S. The van der Waals surface area contributed by atoms with Crippen LogP contribution in [-0.2, 0) is 16.6 Å². The van der Waals surface area contributed by atoms with Gasteiger partial charge < -0.3 is 4.57 Å². The molecule has 0 atom stereocenters. The van der Waals surface area contributed by atoms with Crippen LogP contribution in [0, 0.1) is 0 Å². The lowest BCUT2D eigenvalue weighted by atomic mass is 10.2. The Morgan fingerprint density at radius 1 is 1.30 bits per heavy atom. The smallest absolute Gasteiger partial charge is 0.257 e. The normalized spacial score (nSPS) is 12.1. The lowest BCUT2D eigenvalue weighted by molar-refractivity contribution is 0.594. The van der Waals surface area contributed by atoms with E-state index < -0.39 is 10.0 Å². The van der Waals surface area contributed by atoms with Crippen molar-refractivity contribution in [2.24, 2.45) is 5.14 Å². The third-order valence-electron chi connectivity index (χ3n) is 2.86. The fourth-order valence-corrected chi connectivity index (χ4v) is 2.68. The van der Waals surface area contributed by atoms with Gasteiger partial charge in [0, 0.05) is 23.1 Å². The number of halogens is 1. The molecule has 0 radical (unpaired) electrons.